The van der Waals surface area contributed by atoms with Gasteiger partial charge in [0.1, 0.15) is 0 Å². The molecule has 2 aromatic heterocycles. The molecule has 0 saturated carbocycles. The Kier molecular flexibility index (Phi) is 4.00. The van der Waals surface area contributed by atoms with Crippen molar-refractivity contribution in [3.63, 3.8) is 0 Å². The van der Waals surface area contributed by atoms with Crippen molar-refractivity contribution in [3.05, 3.63) is 41.0 Å². The van der Waals surface area contributed by atoms with Crippen LogP contribution in [-0.2, 0) is 6.42 Å². The zero-order valence-corrected chi connectivity index (χ0v) is 12.1. The Labute approximate surface area is 114 Å². The Morgan fingerprint density at radius 3 is 2.58 bits per heavy atom. The number of nitrogens with two attached hydrogens (primary N) is 1. The molecular formula is C15H22N4. The molecule has 0 amide bonds. The Hall–Kier alpha value is -1.68. The van der Waals surface area contributed by atoms with Crippen LogP contribution in [0.1, 0.15) is 35.9 Å². The molecule has 2 aromatic rings. The van der Waals surface area contributed by atoms with Crippen LogP contribution in [0.25, 0.3) is 5.69 Å². The predicted molar refractivity (Wildman–Crippen MR) is 77.5 cm³/mol. The third-order valence-electron chi connectivity index (χ3n) is 3.70. The Morgan fingerprint density at radius 1 is 1.26 bits per heavy atom. The average Bonchev–Trinajstić information content (AvgIpc) is 2.67. The summed E-state index contributed by atoms with van der Waals surface area (Å²) in [6, 6.07) is 2.32. The van der Waals surface area contributed by atoms with E-state index in [1.54, 1.807) is 0 Å². The lowest BCUT2D eigenvalue weighted by atomic mass is 10.1. The van der Waals surface area contributed by atoms with E-state index < -0.39 is 0 Å². The van der Waals surface area contributed by atoms with Crippen LogP contribution in [0.15, 0.2) is 18.5 Å². The lowest BCUT2D eigenvalue weighted by Gasteiger charge is -2.10. The lowest BCUT2D eigenvalue weighted by Crippen LogP contribution is -2.21. The van der Waals surface area contributed by atoms with Crippen molar-refractivity contribution in [1.82, 2.24) is 14.8 Å². The lowest BCUT2D eigenvalue weighted by molar-refractivity contribution is 0.644. The summed E-state index contributed by atoms with van der Waals surface area (Å²) >= 11 is 0. The van der Waals surface area contributed by atoms with Crippen molar-refractivity contribution < 1.29 is 0 Å². The first kappa shape index (κ1) is 13.7. The molecule has 0 spiro atoms. The van der Waals surface area contributed by atoms with Crippen molar-refractivity contribution in [2.24, 2.45) is 5.73 Å². The van der Waals surface area contributed by atoms with E-state index in [-0.39, 0.29) is 6.04 Å². The predicted octanol–water partition coefficient (Wildman–Crippen LogP) is 2.47. The molecule has 2 rings (SSSR count). The second-order valence-electron chi connectivity index (χ2n) is 5.13. The van der Waals surface area contributed by atoms with Crippen molar-refractivity contribution in [2.75, 3.05) is 0 Å². The molecule has 0 fully saturated rings. The van der Waals surface area contributed by atoms with Crippen LogP contribution in [0.5, 0.6) is 0 Å². The first-order valence-electron chi connectivity index (χ1n) is 6.75. The molecule has 0 saturated heterocycles. The molecule has 0 aliphatic heterocycles. The maximum Gasteiger partial charge on any atom is 0.0834 e. The van der Waals surface area contributed by atoms with Gasteiger partial charge in [0, 0.05) is 17.9 Å². The number of pyridine rings is 1. The van der Waals surface area contributed by atoms with Gasteiger partial charge >= 0.3 is 0 Å². The highest BCUT2D eigenvalue weighted by atomic mass is 15.3. The van der Waals surface area contributed by atoms with E-state index in [1.807, 2.05) is 24.0 Å². The number of nitrogens with zero attached hydrogens (tertiary/aromatic N) is 3. The highest BCUT2D eigenvalue weighted by molar-refractivity contribution is 5.36. The highest BCUT2D eigenvalue weighted by Gasteiger charge is 2.10. The molecule has 0 bridgehead atoms. The summed E-state index contributed by atoms with van der Waals surface area (Å²) in [5.74, 6) is 0. The van der Waals surface area contributed by atoms with Gasteiger partial charge in [0.05, 0.1) is 17.6 Å². The summed E-state index contributed by atoms with van der Waals surface area (Å²) in [5.41, 5.74) is 11.6. The number of rotatable bonds is 4. The fraction of sp³-hybridized carbons (Fsp3) is 0.467. The summed E-state index contributed by atoms with van der Waals surface area (Å²) < 4.78 is 1.96. The summed E-state index contributed by atoms with van der Waals surface area (Å²) in [6.07, 6.45) is 5.57. The molecule has 0 aliphatic carbocycles. The molecule has 1 atom stereocenters. The third kappa shape index (κ3) is 2.84. The highest BCUT2D eigenvalue weighted by Crippen LogP contribution is 2.17. The smallest absolute Gasteiger partial charge is 0.0834 e. The number of hydrogen-bond acceptors (Lipinski definition) is 3. The summed E-state index contributed by atoms with van der Waals surface area (Å²) in [6.45, 7) is 8.31. The topological polar surface area (TPSA) is 56.7 Å². The molecule has 0 radical (unpaired) electrons. The number of aromatic nitrogens is 3. The molecule has 0 aliphatic rings. The van der Waals surface area contributed by atoms with E-state index in [4.69, 9.17) is 5.73 Å². The Balaban J connectivity index is 2.35. The van der Waals surface area contributed by atoms with Crippen molar-refractivity contribution in [2.45, 2.75) is 46.6 Å². The van der Waals surface area contributed by atoms with Crippen LogP contribution in [0.4, 0.5) is 0 Å². The van der Waals surface area contributed by atoms with E-state index in [0.717, 1.165) is 35.5 Å². The monoisotopic (exact) mass is 258 g/mol. The minimum atomic E-state index is 0.194. The molecule has 4 nitrogen and oxygen atoms in total. The second kappa shape index (κ2) is 5.53. The molecule has 2 N–H and O–H groups in total. The number of hydrogen-bond donors (Lipinski definition) is 1. The normalized spacial score (nSPS) is 12.7. The van der Waals surface area contributed by atoms with Crippen LogP contribution >= 0.6 is 0 Å². The zero-order valence-electron chi connectivity index (χ0n) is 12.1. The van der Waals surface area contributed by atoms with Crippen LogP contribution in [0.2, 0.25) is 0 Å². The molecule has 0 aromatic carbocycles. The molecule has 19 heavy (non-hydrogen) atoms. The van der Waals surface area contributed by atoms with E-state index in [2.05, 4.69) is 36.9 Å². The van der Waals surface area contributed by atoms with Gasteiger partial charge in [0.25, 0.3) is 0 Å². The second-order valence-corrected chi connectivity index (χ2v) is 5.13. The molecular weight excluding hydrogens is 236 g/mol. The Bertz CT molecular complexity index is 572. The first-order chi connectivity index (χ1) is 9.02. The largest absolute Gasteiger partial charge is 0.327 e. The SMILES string of the molecule is CCC(N)Cc1cncc(-n2nc(C)c(C)c2C)c1. The van der Waals surface area contributed by atoms with E-state index in [9.17, 15) is 0 Å². The summed E-state index contributed by atoms with van der Waals surface area (Å²) in [4.78, 5) is 4.31. The average molecular weight is 258 g/mol. The summed E-state index contributed by atoms with van der Waals surface area (Å²) in [7, 11) is 0. The third-order valence-corrected chi connectivity index (χ3v) is 3.70. The van der Waals surface area contributed by atoms with E-state index >= 15 is 0 Å². The minimum Gasteiger partial charge on any atom is -0.327 e. The van der Waals surface area contributed by atoms with Gasteiger partial charge in [-0.1, -0.05) is 6.92 Å². The van der Waals surface area contributed by atoms with Crippen LogP contribution in [0.3, 0.4) is 0 Å². The van der Waals surface area contributed by atoms with Crippen molar-refractivity contribution in [3.8, 4) is 5.69 Å². The van der Waals surface area contributed by atoms with Gasteiger partial charge in [-0.3, -0.25) is 4.98 Å². The van der Waals surface area contributed by atoms with Gasteiger partial charge in [-0.2, -0.15) is 5.10 Å². The first-order valence-corrected chi connectivity index (χ1v) is 6.75. The van der Waals surface area contributed by atoms with Crippen LogP contribution < -0.4 is 5.73 Å². The van der Waals surface area contributed by atoms with Gasteiger partial charge in [-0.25, -0.2) is 4.68 Å². The fourth-order valence-corrected chi connectivity index (χ4v) is 2.12. The van der Waals surface area contributed by atoms with Crippen molar-refractivity contribution >= 4 is 0 Å². The van der Waals surface area contributed by atoms with Gasteiger partial charge in [-0.15, -0.1) is 0 Å². The van der Waals surface area contributed by atoms with E-state index in [0.29, 0.717) is 0 Å². The minimum absolute atomic E-state index is 0.194. The fourth-order valence-electron chi connectivity index (χ4n) is 2.12. The molecule has 2 heterocycles. The zero-order chi connectivity index (χ0) is 14.0. The maximum atomic E-state index is 6.00. The van der Waals surface area contributed by atoms with E-state index in [1.165, 1.54) is 5.56 Å². The summed E-state index contributed by atoms with van der Waals surface area (Å²) in [5, 5.41) is 4.57. The van der Waals surface area contributed by atoms with Crippen LogP contribution in [0, 0.1) is 20.8 Å². The quantitative estimate of drug-likeness (QED) is 0.916. The van der Waals surface area contributed by atoms with Crippen LogP contribution in [-0.4, -0.2) is 20.8 Å². The molecule has 102 valence electrons. The molecule has 4 heteroatoms. The van der Waals surface area contributed by atoms with Gasteiger partial charge in [0.2, 0.25) is 0 Å². The van der Waals surface area contributed by atoms with Gasteiger partial charge in [-0.05, 0) is 50.8 Å². The standard InChI is InChI=1S/C15H22N4/c1-5-14(16)6-13-7-15(9-17-8-13)19-12(4)10(2)11(3)18-19/h7-9,14H,5-6,16H2,1-4H3. The maximum absolute atomic E-state index is 6.00. The van der Waals surface area contributed by atoms with Crippen molar-refractivity contribution in [1.29, 1.82) is 0 Å². The molecule has 1 unspecified atom stereocenters. The van der Waals surface area contributed by atoms with Gasteiger partial charge in [0.15, 0.2) is 0 Å². The number of aryl methyl sites for hydroxylation is 1. The van der Waals surface area contributed by atoms with Gasteiger partial charge < -0.3 is 5.73 Å². The Morgan fingerprint density at radius 2 is 2.00 bits per heavy atom.